The lowest BCUT2D eigenvalue weighted by atomic mass is 10.4. The molecule has 102 valence electrons. The summed E-state index contributed by atoms with van der Waals surface area (Å²) in [6.07, 6.45) is 1.64. The van der Waals surface area contributed by atoms with Crippen molar-refractivity contribution in [2.75, 3.05) is 6.54 Å². The first-order chi connectivity index (χ1) is 8.32. The second kappa shape index (κ2) is 5.93. The van der Waals surface area contributed by atoms with Gasteiger partial charge in [0.25, 0.3) is 0 Å². The van der Waals surface area contributed by atoms with Crippen LogP contribution in [0.3, 0.4) is 0 Å². The van der Waals surface area contributed by atoms with Crippen LogP contribution in [0.5, 0.6) is 0 Å². The molecule has 0 aliphatic carbocycles. The maximum absolute atomic E-state index is 11.6. The van der Waals surface area contributed by atoms with Crippen LogP contribution in [-0.4, -0.2) is 25.4 Å². The van der Waals surface area contributed by atoms with Crippen LogP contribution >= 0.6 is 0 Å². The van der Waals surface area contributed by atoms with Crippen molar-refractivity contribution in [3.8, 4) is 11.6 Å². The zero-order chi connectivity index (χ0) is 13.9. The molecule has 0 radical (unpaired) electrons. The Hall–Kier alpha value is -0.753. The van der Waals surface area contributed by atoms with Gasteiger partial charge in [-0.2, -0.15) is 0 Å². The first-order valence-corrected chi connectivity index (χ1v) is 9.38. The van der Waals surface area contributed by atoms with Gasteiger partial charge in [0, 0.05) is 19.0 Å². The quantitative estimate of drug-likeness (QED) is 0.561. The van der Waals surface area contributed by atoms with E-state index in [1.165, 1.54) is 0 Å². The van der Waals surface area contributed by atoms with Gasteiger partial charge in [-0.3, -0.25) is 9.69 Å². The van der Waals surface area contributed by atoms with Crippen molar-refractivity contribution >= 4 is 14.0 Å². The monoisotopic (exact) mass is 265 g/mol. The van der Waals surface area contributed by atoms with E-state index < -0.39 is 8.07 Å². The van der Waals surface area contributed by atoms with Gasteiger partial charge in [0.2, 0.25) is 5.91 Å². The molecule has 0 N–H and O–H groups in total. The zero-order valence-electron chi connectivity index (χ0n) is 12.7. The van der Waals surface area contributed by atoms with E-state index in [9.17, 15) is 4.79 Å². The van der Waals surface area contributed by atoms with E-state index in [1.807, 2.05) is 0 Å². The third kappa shape index (κ3) is 2.80. The minimum absolute atomic E-state index is 0.210. The number of hydrogen-bond acceptors (Lipinski definition) is 1. The Bertz CT molecular complexity index is 341. The minimum Gasteiger partial charge on any atom is -0.274 e. The van der Waals surface area contributed by atoms with Crippen LogP contribution in [0.25, 0.3) is 0 Å². The van der Waals surface area contributed by atoms with E-state index >= 15 is 0 Å². The molecule has 1 aliphatic heterocycles. The lowest BCUT2D eigenvalue weighted by molar-refractivity contribution is -0.124. The van der Waals surface area contributed by atoms with Crippen LogP contribution in [0.15, 0.2) is 0 Å². The Morgan fingerprint density at radius 1 is 1.06 bits per heavy atom. The molecule has 1 fully saturated rings. The van der Waals surface area contributed by atoms with Crippen molar-refractivity contribution in [2.24, 2.45) is 0 Å². The van der Waals surface area contributed by atoms with E-state index in [0.717, 1.165) is 13.0 Å². The molecule has 1 saturated heterocycles. The number of amides is 1. The molecule has 2 nitrogen and oxygen atoms in total. The average molecular weight is 265 g/mol. The van der Waals surface area contributed by atoms with Gasteiger partial charge >= 0.3 is 0 Å². The maximum atomic E-state index is 11.6. The highest BCUT2D eigenvalue weighted by Gasteiger charge is 2.42. The molecule has 0 aromatic rings. The van der Waals surface area contributed by atoms with E-state index in [0.29, 0.717) is 23.0 Å². The van der Waals surface area contributed by atoms with Crippen LogP contribution in [0.4, 0.5) is 0 Å². The lowest BCUT2D eigenvalue weighted by Gasteiger charge is -2.38. The summed E-state index contributed by atoms with van der Waals surface area (Å²) in [6, 6.07) is 3.21. The summed E-state index contributed by atoms with van der Waals surface area (Å²) in [5.41, 5.74) is 5.48. The highest BCUT2D eigenvalue weighted by atomic mass is 28.3. The number of likely N-dealkylation sites (tertiary alicyclic amines) is 1. The van der Waals surface area contributed by atoms with Gasteiger partial charge in [-0.1, -0.05) is 41.5 Å². The first kappa shape index (κ1) is 15.3. The summed E-state index contributed by atoms with van der Waals surface area (Å²) >= 11 is 0. The highest BCUT2D eigenvalue weighted by Crippen LogP contribution is 2.40. The smallest absolute Gasteiger partial charge is 0.234 e. The second-order valence-electron chi connectivity index (χ2n) is 6.28. The molecule has 0 saturated carbocycles. The Labute approximate surface area is 113 Å². The Kier molecular flexibility index (Phi) is 5.04. The fraction of sp³-hybridized carbons (Fsp3) is 0.800. The zero-order valence-corrected chi connectivity index (χ0v) is 13.7. The lowest BCUT2D eigenvalue weighted by Crippen LogP contribution is -2.43. The predicted molar refractivity (Wildman–Crippen MR) is 79.8 cm³/mol. The number of rotatable bonds is 3. The van der Waals surface area contributed by atoms with Crippen LogP contribution in [-0.2, 0) is 4.79 Å². The summed E-state index contributed by atoms with van der Waals surface area (Å²) in [5, 5.41) is 0. The van der Waals surface area contributed by atoms with Gasteiger partial charge in [0.15, 0.2) is 0 Å². The Morgan fingerprint density at radius 3 is 1.89 bits per heavy atom. The van der Waals surface area contributed by atoms with E-state index in [1.54, 1.807) is 4.90 Å². The number of carbonyl (C=O) groups is 1. The van der Waals surface area contributed by atoms with Gasteiger partial charge < -0.3 is 0 Å². The predicted octanol–water partition coefficient (Wildman–Crippen LogP) is 3.79. The largest absolute Gasteiger partial charge is 0.274 e. The van der Waals surface area contributed by atoms with E-state index in [-0.39, 0.29) is 5.91 Å². The molecule has 1 heterocycles. The molecule has 1 amide bonds. The van der Waals surface area contributed by atoms with E-state index in [2.05, 4.69) is 53.1 Å². The molecule has 1 aliphatic rings. The fourth-order valence-electron chi connectivity index (χ4n) is 3.36. The summed E-state index contributed by atoms with van der Waals surface area (Å²) in [4.78, 5) is 13.4. The van der Waals surface area contributed by atoms with Crippen LogP contribution in [0.1, 0.15) is 54.4 Å². The van der Waals surface area contributed by atoms with Crippen LogP contribution in [0.2, 0.25) is 16.6 Å². The SMILES string of the molecule is CC(C)[Si](C#CN1CCCC1=O)(C(C)C)C(C)C. The summed E-state index contributed by atoms with van der Waals surface area (Å²) in [7, 11) is -1.68. The van der Waals surface area contributed by atoms with Crippen molar-refractivity contribution in [3.63, 3.8) is 0 Å². The normalized spacial score (nSPS) is 16.7. The van der Waals surface area contributed by atoms with Gasteiger partial charge in [0.05, 0.1) is 0 Å². The molecule has 0 aromatic heterocycles. The van der Waals surface area contributed by atoms with Gasteiger partial charge in [-0.05, 0) is 23.0 Å². The third-order valence-electron chi connectivity index (χ3n) is 4.35. The molecule has 0 aromatic carbocycles. The molecule has 0 spiro atoms. The highest BCUT2D eigenvalue weighted by molar-refractivity contribution is 6.90. The standard InChI is InChI=1S/C15H27NOSi/c1-12(2)18(13(3)4,14(5)6)11-10-16-9-7-8-15(16)17/h12-14H,7-9H2,1-6H3. The topological polar surface area (TPSA) is 20.3 Å². The van der Waals surface area contributed by atoms with Crippen molar-refractivity contribution in [2.45, 2.75) is 71.0 Å². The minimum atomic E-state index is -1.68. The average Bonchev–Trinajstić information content (AvgIpc) is 2.63. The van der Waals surface area contributed by atoms with Gasteiger partial charge in [0.1, 0.15) is 8.07 Å². The number of carbonyl (C=O) groups excluding carboxylic acids is 1. The summed E-state index contributed by atoms with van der Waals surface area (Å²) < 4.78 is 0. The summed E-state index contributed by atoms with van der Waals surface area (Å²) in [5.74, 6) is 0.210. The van der Waals surface area contributed by atoms with Gasteiger partial charge in [-0.15, -0.1) is 5.54 Å². The molecule has 0 atom stereocenters. The molecule has 0 unspecified atom stereocenters. The third-order valence-corrected chi connectivity index (χ3v) is 10.6. The van der Waals surface area contributed by atoms with Crippen LogP contribution in [0, 0.1) is 11.6 Å². The number of nitrogens with zero attached hydrogens (tertiary/aromatic N) is 1. The maximum Gasteiger partial charge on any atom is 0.234 e. The number of hydrogen-bond donors (Lipinski definition) is 0. The Balaban J connectivity index is 3.05. The van der Waals surface area contributed by atoms with Crippen molar-refractivity contribution in [3.05, 3.63) is 0 Å². The van der Waals surface area contributed by atoms with Crippen molar-refractivity contribution in [1.29, 1.82) is 0 Å². The fourth-order valence-corrected chi connectivity index (χ4v) is 8.56. The molecule has 18 heavy (non-hydrogen) atoms. The van der Waals surface area contributed by atoms with Crippen LogP contribution < -0.4 is 0 Å². The van der Waals surface area contributed by atoms with Gasteiger partial charge in [-0.25, -0.2) is 0 Å². The molecular weight excluding hydrogens is 238 g/mol. The first-order valence-electron chi connectivity index (χ1n) is 7.15. The van der Waals surface area contributed by atoms with Crippen molar-refractivity contribution in [1.82, 2.24) is 4.90 Å². The van der Waals surface area contributed by atoms with E-state index in [4.69, 9.17) is 0 Å². The molecule has 1 rings (SSSR count). The summed E-state index contributed by atoms with van der Waals surface area (Å²) in [6.45, 7) is 14.6. The molecular formula is C15H27NOSi. The molecule has 0 bridgehead atoms. The molecule has 3 heteroatoms. The second-order valence-corrected chi connectivity index (χ2v) is 11.9. The Morgan fingerprint density at radius 2 is 1.56 bits per heavy atom. The van der Waals surface area contributed by atoms with Crippen molar-refractivity contribution < 1.29 is 4.79 Å².